The number of carbonyl (C=O) groups excluding carboxylic acids is 1. The molecule has 4 aromatic rings. The molecule has 0 bridgehead atoms. The maximum absolute atomic E-state index is 12.7. The molecule has 0 aliphatic heterocycles. The molecule has 30 heavy (non-hydrogen) atoms. The van der Waals surface area contributed by atoms with E-state index < -0.39 is 0 Å². The first kappa shape index (κ1) is 20.0. The lowest BCUT2D eigenvalue weighted by Crippen LogP contribution is -2.29. The van der Waals surface area contributed by atoms with E-state index in [1.165, 1.54) is 4.57 Å². The van der Waals surface area contributed by atoms with Gasteiger partial charge in [0.1, 0.15) is 6.54 Å². The average molecular weight is 419 g/mol. The molecule has 2 aromatic heterocycles. The molecule has 2 heterocycles. The zero-order valence-corrected chi connectivity index (χ0v) is 17.4. The second-order valence-electron chi connectivity index (χ2n) is 6.82. The first-order chi connectivity index (χ1) is 14.7. The number of amides is 1. The Bertz CT molecular complexity index is 1210. The summed E-state index contributed by atoms with van der Waals surface area (Å²) in [5.41, 5.74) is 3.31. The Hall–Kier alpha value is -3.32. The van der Waals surface area contributed by atoms with Gasteiger partial charge in [-0.15, -0.1) is 11.8 Å². The molecular formula is C23H22N4O2S. The number of fused-ring (bicyclic) bond motifs is 1. The van der Waals surface area contributed by atoms with Crippen LogP contribution in [-0.2, 0) is 23.6 Å². The Morgan fingerprint density at radius 1 is 1.00 bits per heavy atom. The molecule has 7 heteroatoms. The highest BCUT2D eigenvalue weighted by Crippen LogP contribution is 2.24. The summed E-state index contributed by atoms with van der Waals surface area (Å²) >= 11 is 1.71. The lowest BCUT2D eigenvalue weighted by molar-refractivity contribution is -0.116. The number of aryl methyl sites for hydroxylation is 1. The van der Waals surface area contributed by atoms with Gasteiger partial charge in [0.15, 0.2) is 0 Å². The zero-order chi connectivity index (χ0) is 20.9. The minimum Gasteiger partial charge on any atom is -0.325 e. The van der Waals surface area contributed by atoms with Crippen LogP contribution < -0.4 is 11.0 Å². The second kappa shape index (κ2) is 9.00. The van der Waals surface area contributed by atoms with Crippen molar-refractivity contribution in [2.75, 3.05) is 5.32 Å². The summed E-state index contributed by atoms with van der Waals surface area (Å²) in [5.74, 6) is 0.608. The molecule has 0 aliphatic carbocycles. The van der Waals surface area contributed by atoms with Gasteiger partial charge in [-0.1, -0.05) is 18.2 Å². The van der Waals surface area contributed by atoms with Gasteiger partial charge in [0.25, 0.3) is 0 Å². The number of imidazole rings is 1. The third-order valence-corrected chi connectivity index (χ3v) is 5.89. The molecule has 4 rings (SSSR count). The standard InChI is InChI=1S/C23H22N4O2S/c1-2-26-20-7-3-4-8-21(20)27(23(26)29)15-22(28)25-18-9-11-19(12-10-18)30-16-17-6-5-13-24-14-17/h3-14H,2,15-16H2,1H3,(H,25,28). The number of nitrogens with zero attached hydrogens (tertiary/aromatic N) is 3. The summed E-state index contributed by atoms with van der Waals surface area (Å²) in [7, 11) is 0. The van der Waals surface area contributed by atoms with Crippen molar-refractivity contribution in [3.05, 3.63) is 89.1 Å². The third kappa shape index (κ3) is 4.31. The first-order valence-electron chi connectivity index (χ1n) is 9.75. The molecule has 0 radical (unpaired) electrons. The van der Waals surface area contributed by atoms with Crippen molar-refractivity contribution in [1.29, 1.82) is 0 Å². The molecule has 0 spiro atoms. The van der Waals surface area contributed by atoms with Crippen molar-refractivity contribution in [3.8, 4) is 0 Å². The van der Waals surface area contributed by atoms with E-state index in [0.717, 1.165) is 27.2 Å². The number of aromatic nitrogens is 3. The maximum Gasteiger partial charge on any atom is 0.329 e. The third-order valence-electron chi connectivity index (χ3n) is 4.81. The van der Waals surface area contributed by atoms with Gasteiger partial charge in [-0.3, -0.25) is 18.9 Å². The molecule has 0 unspecified atom stereocenters. The average Bonchev–Trinajstić information content (AvgIpc) is 3.04. The summed E-state index contributed by atoms with van der Waals surface area (Å²) in [6.45, 7) is 2.46. The highest BCUT2D eigenvalue weighted by molar-refractivity contribution is 7.98. The number of pyridine rings is 1. The first-order valence-corrected chi connectivity index (χ1v) is 10.7. The second-order valence-corrected chi connectivity index (χ2v) is 7.87. The van der Waals surface area contributed by atoms with E-state index in [1.807, 2.05) is 73.8 Å². The Morgan fingerprint density at radius 3 is 2.40 bits per heavy atom. The predicted molar refractivity (Wildman–Crippen MR) is 121 cm³/mol. The van der Waals surface area contributed by atoms with Gasteiger partial charge in [0.05, 0.1) is 11.0 Å². The number of carbonyl (C=O) groups is 1. The van der Waals surface area contributed by atoms with Crippen LogP contribution in [0.25, 0.3) is 11.0 Å². The van der Waals surface area contributed by atoms with Crippen LogP contribution in [0.2, 0.25) is 0 Å². The van der Waals surface area contributed by atoms with Crippen molar-refractivity contribution < 1.29 is 4.79 Å². The van der Waals surface area contributed by atoms with Crippen LogP contribution >= 0.6 is 11.8 Å². The number of hydrogen-bond donors (Lipinski definition) is 1. The molecular weight excluding hydrogens is 396 g/mol. The van der Waals surface area contributed by atoms with Crippen LogP contribution in [0.4, 0.5) is 5.69 Å². The summed E-state index contributed by atoms with van der Waals surface area (Å²) in [6.07, 6.45) is 3.62. The van der Waals surface area contributed by atoms with Gasteiger partial charge in [-0.05, 0) is 55.0 Å². The zero-order valence-electron chi connectivity index (χ0n) is 16.6. The van der Waals surface area contributed by atoms with Crippen molar-refractivity contribution in [1.82, 2.24) is 14.1 Å². The van der Waals surface area contributed by atoms with Crippen LogP contribution in [0.15, 0.2) is 82.7 Å². The van der Waals surface area contributed by atoms with Crippen molar-refractivity contribution in [2.24, 2.45) is 0 Å². The van der Waals surface area contributed by atoms with Crippen molar-refractivity contribution in [3.63, 3.8) is 0 Å². The minimum absolute atomic E-state index is 0.0240. The lowest BCUT2D eigenvalue weighted by atomic mass is 10.3. The number of thioether (sulfide) groups is 1. The van der Waals surface area contributed by atoms with Crippen molar-refractivity contribution >= 4 is 34.4 Å². The number of rotatable bonds is 7. The van der Waals surface area contributed by atoms with Gasteiger partial charge in [-0.25, -0.2) is 4.79 Å². The van der Waals surface area contributed by atoms with Gasteiger partial charge < -0.3 is 5.32 Å². The SMILES string of the molecule is CCn1c(=O)n(CC(=O)Nc2ccc(SCc3cccnc3)cc2)c2ccccc21. The Labute approximate surface area is 178 Å². The molecule has 0 saturated carbocycles. The van der Waals surface area contributed by atoms with E-state index in [-0.39, 0.29) is 18.1 Å². The molecule has 1 amide bonds. The number of benzene rings is 2. The monoisotopic (exact) mass is 418 g/mol. The van der Waals surface area contributed by atoms with Crippen molar-refractivity contribution in [2.45, 2.75) is 30.7 Å². The van der Waals surface area contributed by atoms with Gasteiger partial charge in [0.2, 0.25) is 5.91 Å². The minimum atomic E-state index is -0.230. The number of hydrogen-bond acceptors (Lipinski definition) is 4. The molecule has 152 valence electrons. The molecule has 0 atom stereocenters. The van der Waals surface area contributed by atoms with Crippen LogP contribution in [-0.4, -0.2) is 20.0 Å². The maximum atomic E-state index is 12.7. The Morgan fingerprint density at radius 2 is 1.73 bits per heavy atom. The van der Waals surface area contributed by atoms with Gasteiger partial charge >= 0.3 is 5.69 Å². The van der Waals surface area contributed by atoms with Crippen LogP contribution in [0, 0.1) is 0 Å². The normalized spacial score (nSPS) is 11.0. The lowest BCUT2D eigenvalue weighted by Gasteiger charge is -2.08. The highest BCUT2D eigenvalue weighted by Gasteiger charge is 2.14. The largest absolute Gasteiger partial charge is 0.329 e. The smallest absolute Gasteiger partial charge is 0.325 e. The highest BCUT2D eigenvalue weighted by atomic mass is 32.2. The molecule has 0 saturated heterocycles. The summed E-state index contributed by atoms with van der Waals surface area (Å²) in [4.78, 5) is 30.5. The molecule has 0 fully saturated rings. The molecule has 1 N–H and O–H groups in total. The van der Waals surface area contributed by atoms with E-state index >= 15 is 0 Å². The van der Waals surface area contributed by atoms with E-state index in [9.17, 15) is 9.59 Å². The van der Waals surface area contributed by atoms with Crippen LogP contribution in [0.1, 0.15) is 12.5 Å². The number of nitrogens with one attached hydrogen (secondary N) is 1. The molecule has 0 aliphatic rings. The van der Waals surface area contributed by atoms with Gasteiger partial charge in [0, 0.05) is 35.3 Å². The van der Waals surface area contributed by atoms with E-state index in [1.54, 1.807) is 22.5 Å². The number of anilines is 1. The number of para-hydroxylation sites is 2. The summed E-state index contributed by atoms with van der Waals surface area (Å²) in [6, 6.07) is 19.2. The van der Waals surface area contributed by atoms with E-state index in [4.69, 9.17) is 0 Å². The summed E-state index contributed by atoms with van der Waals surface area (Å²) in [5, 5.41) is 2.88. The summed E-state index contributed by atoms with van der Waals surface area (Å²) < 4.78 is 3.20. The fourth-order valence-electron chi connectivity index (χ4n) is 3.36. The predicted octanol–water partition coefficient (Wildman–Crippen LogP) is 4.15. The van der Waals surface area contributed by atoms with E-state index in [0.29, 0.717) is 12.2 Å². The molecule has 2 aromatic carbocycles. The Kier molecular flexibility index (Phi) is 5.99. The topological polar surface area (TPSA) is 68.9 Å². The van der Waals surface area contributed by atoms with E-state index in [2.05, 4.69) is 10.3 Å². The fourth-order valence-corrected chi connectivity index (χ4v) is 4.19. The van der Waals surface area contributed by atoms with Gasteiger partial charge in [-0.2, -0.15) is 0 Å². The van der Waals surface area contributed by atoms with Crippen LogP contribution in [0.5, 0.6) is 0 Å². The quantitative estimate of drug-likeness (QED) is 0.458. The Balaban J connectivity index is 1.42. The molecule has 6 nitrogen and oxygen atoms in total. The van der Waals surface area contributed by atoms with Crippen LogP contribution in [0.3, 0.4) is 0 Å². The fraction of sp³-hybridized carbons (Fsp3) is 0.174.